The second-order valence-corrected chi connectivity index (χ2v) is 4.70. The number of pyridine rings is 1. The lowest BCUT2D eigenvalue weighted by Gasteiger charge is -2.13. The van der Waals surface area contributed by atoms with E-state index >= 15 is 0 Å². The molecule has 1 saturated heterocycles. The van der Waals surface area contributed by atoms with Crippen LogP contribution in [-0.2, 0) is 4.79 Å². The van der Waals surface area contributed by atoms with Crippen molar-refractivity contribution in [1.29, 1.82) is 0 Å². The molecule has 0 bridgehead atoms. The summed E-state index contributed by atoms with van der Waals surface area (Å²) in [6.45, 7) is 0.413. The van der Waals surface area contributed by atoms with E-state index in [1.165, 1.54) is 23.2 Å². The zero-order valence-electron chi connectivity index (χ0n) is 8.17. The number of halogens is 1. The van der Waals surface area contributed by atoms with Gasteiger partial charge in [0.05, 0.1) is 4.92 Å². The molecule has 1 fully saturated rings. The summed E-state index contributed by atoms with van der Waals surface area (Å²) in [5.41, 5.74) is -0.141. The third kappa shape index (κ3) is 1.90. The molecule has 1 aromatic heterocycles. The van der Waals surface area contributed by atoms with Crippen LogP contribution in [0.3, 0.4) is 0 Å². The molecule has 0 N–H and O–H groups in total. The first-order valence-corrected chi connectivity index (χ1v) is 5.55. The molecule has 1 aliphatic heterocycles. The zero-order valence-corrected chi connectivity index (χ0v) is 9.75. The highest BCUT2D eigenvalue weighted by Gasteiger charge is 2.33. The van der Waals surface area contributed by atoms with E-state index in [0.29, 0.717) is 13.0 Å². The lowest BCUT2D eigenvalue weighted by Crippen LogP contribution is -2.26. The standard InChI is InChI=1S/C9H8BrN3O3/c10-6-4-8(14)12(5-6)9-7(13(15)16)2-1-3-11-9/h1-3,6H,4-5H2. The molecule has 0 spiro atoms. The number of hydrogen-bond acceptors (Lipinski definition) is 4. The van der Waals surface area contributed by atoms with Gasteiger partial charge in [-0.25, -0.2) is 4.98 Å². The van der Waals surface area contributed by atoms with Gasteiger partial charge in [0.25, 0.3) is 0 Å². The minimum atomic E-state index is -0.531. The first-order valence-electron chi connectivity index (χ1n) is 4.63. The highest BCUT2D eigenvalue weighted by atomic mass is 79.9. The summed E-state index contributed by atoms with van der Waals surface area (Å²) in [4.78, 5) is 27.1. The Labute approximate surface area is 99.5 Å². The van der Waals surface area contributed by atoms with E-state index in [2.05, 4.69) is 20.9 Å². The van der Waals surface area contributed by atoms with Gasteiger partial charge in [0, 0.05) is 30.1 Å². The maximum atomic E-state index is 11.6. The van der Waals surface area contributed by atoms with Gasteiger partial charge in [0.15, 0.2) is 0 Å². The molecule has 2 heterocycles. The van der Waals surface area contributed by atoms with Crippen LogP contribution < -0.4 is 4.90 Å². The van der Waals surface area contributed by atoms with Crippen LogP contribution in [0.5, 0.6) is 0 Å². The predicted octanol–water partition coefficient (Wildman–Crippen LogP) is 1.49. The van der Waals surface area contributed by atoms with E-state index in [-0.39, 0.29) is 22.2 Å². The molecule has 2 rings (SSSR count). The second kappa shape index (κ2) is 4.17. The Morgan fingerprint density at radius 3 is 2.94 bits per heavy atom. The Morgan fingerprint density at radius 2 is 2.38 bits per heavy atom. The number of amides is 1. The number of nitrogens with zero attached hydrogens (tertiary/aromatic N) is 3. The minimum absolute atomic E-state index is 0.0293. The maximum Gasteiger partial charge on any atom is 0.312 e. The van der Waals surface area contributed by atoms with Gasteiger partial charge in [0.2, 0.25) is 11.7 Å². The summed E-state index contributed by atoms with van der Waals surface area (Å²) in [6.07, 6.45) is 1.78. The molecular formula is C9H8BrN3O3. The molecule has 1 unspecified atom stereocenters. The molecule has 0 radical (unpaired) electrons. The number of anilines is 1. The van der Waals surface area contributed by atoms with Crippen molar-refractivity contribution in [3.05, 3.63) is 28.4 Å². The van der Waals surface area contributed by atoms with E-state index < -0.39 is 4.92 Å². The van der Waals surface area contributed by atoms with Crippen LogP contribution in [0.15, 0.2) is 18.3 Å². The summed E-state index contributed by atoms with van der Waals surface area (Å²) < 4.78 is 0. The van der Waals surface area contributed by atoms with Crippen LogP contribution in [0.4, 0.5) is 11.5 Å². The fraction of sp³-hybridized carbons (Fsp3) is 0.333. The van der Waals surface area contributed by atoms with E-state index in [1.807, 2.05) is 0 Å². The van der Waals surface area contributed by atoms with E-state index in [1.54, 1.807) is 0 Å². The van der Waals surface area contributed by atoms with Crippen molar-refractivity contribution in [3.8, 4) is 0 Å². The van der Waals surface area contributed by atoms with Gasteiger partial charge in [-0.1, -0.05) is 15.9 Å². The van der Waals surface area contributed by atoms with Crippen molar-refractivity contribution in [2.24, 2.45) is 0 Å². The number of carbonyl (C=O) groups is 1. The molecule has 16 heavy (non-hydrogen) atoms. The van der Waals surface area contributed by atoms with Crippen LogP contribution in [0.2, 0.25) is 0 Å². The Hall–Kier alpha value is -1.50. The molecule has 0 aromatic carbocycles. The Balaban J connectivity index is 2.40. The zero-order chi connectivity index (χ0) is 11.7. The van der Waals surface area contributed by atoms with Crippen molar-refractivity contribution in [2.45, 2.75) is 11.2 Å². The van der Waals surface area contributed by atoms with Gasteiger partial charge in [0.1, 0.15) is 0 Å². The molecule has 84 valence electrons. The summed E-state index contributed by atoms with van der Waals surface area (Å²) in [6, 6.07) is 2.82. The number of nitro groups is 1. The van der Waals surface area contributed by atoms with Crippen LogP contribution in [0.1, 0.15) is 6.42 Å². The van der Waals surface area contributed by atoms with Crippen LogP contribution in [0, 0.1) is 10.1 Å². The smallest absolute Gasteiger partial charge is 0.290 e. The molecule has 1 atom stereocenters. The molecule has 0 aliphatic carbocycles. The summed E-state index contributed by atoms with van der Waals surface area (Å²) in [7, 11) is 0. The topological polar surface area (TPSA) is 76.3 Å². The second-order valence-electron chi connectivity index (χ2n) is 3.41. The molecule has 1 amide bonds. The predicted molar refractivity (Wildman–Crippen MR) is 60.6 cm³/mol. The maximum absolute atomic E-state index is 11.6. The average molecular weight is 286 g/mol. The third-order valence-corrected chi connectivity index (χ3v) is 2.91. The molecule has 0 saturated carbocycles. The van der Waals surface area contributed by atoms with Crippen molar-refractivity contribution in [3.63, 3.8) is 0 Å². The number of rotatable bonds is 2. The van der Waals surface area contributed by atoms with E-state index in [0.717, 1.165) is 0 Å². The first-order chi connectivity index (χ1) is 7.59. The van der Waals surface area contributed by atoms with Gasteiger partial charge < -0.3 is 0 Å². The van der Waals surface area contributed by atoms with Crippen molar-refractivity contribution >= 4 is 33.3 Å². The van der Waals surface area contributed by atoms with Crippen molar-refractivity contribution in [1.82, 2.24) is 4.98 Å². The van der Waals surface area contributed by atoms with Gasteiger partial charge in [-0.05, 0) is 6.07 Å². The quantitative estimate of drug-likeness (QED) is 0.469. The van der Waals surface area contributed by atoms with E-state index in [4.69, 9.17) is 0 Å². The van der Waals surface area contributed by atoms with Gasteiger partial charge in [-0.3, -0.25) is 19.8 Å². The third-order valence-electron chi connectivity index (χ3n) is 2.30. The number of carbonyl (C=O) groups excluding carboxylic acids is 1. The molecule has 1 aliphatic rings. The fourth-order valence-corrected chi connectivity index (χ4v) is 2.17. The van der Waals surface area contributed by atoms with Gasteiger partial charge >= 0.3 is 5.69 Å². The lowest BCUT2D eigenvalue weighted by molar-refractivity contribution is -0.384. The van der Waals surface area contributed by atoms with Gasteiger partial charge in [-0.2, -0.15) is 0 Å². The van der Waals surface area contributed by atoms with Crippen molar-refractivity contribution in [2.75, 3.05) is 11.4 Å². The minimum Gasteiger partial charge on any atom is -0.290 e. The van der Waals surface area contributed by atoms with Crippen LogP contribution in [-0.4, -0.2) is 27.2 Å². The highest BCUT2D eigenvalue weighted by molar-refractivity contribution is 9.09. The Kier molecular flexibility index (Phi) is 2.86. The molecule has 6 nitrogen and oxygen atoms in total. The molecule has 1 aromatic rings. The average Bonchev–Trinajstić information content (AvgIpc) is 2.57. The van der Waals surface area contributed by atoms with Gasteiger partial charge in [-0.15, -0.1) is 0 Å². The van der Waals surface area contributed by atoms with Crippen LogP contribution >= 0.6 is 15.9 Å². The normalized spacial score (nSPS) is 20.2. The molecule has 7 heteroatoms. The summed E-state index contributed by atoms with van der Waals surface area (Å²) in [5, 5.41) is 10.8. The van der Waals surface area contributed by atoms with Crippen molar-refractivity contribution < 1.29 is 9.72 Å². The van der Waals surface area contributed by atoms with E-state index in [9.17, 15) is 14.9 Å². The largest absolute Gasteiger partial charge is 0.312 e. The molecular weight excluding hydrogens is 278 g/mol. The monoisotopic (exact) mass is 285 g/mol. The number of aromatic nitrogens is 1. The first kappa shape index (κ1) is 11.0. The highest BCUT2D eigenvalue weighted by Crippen LogP contribution is 2.30. The summed E-state index contributed by atoms with van der Waals surface area (Å²) in [5.74, 6) is -0.0249. The van der Waals surface area contributed by atoms with Crippen LogP contribution in [0.25, 0.3) is 0 Å². The lowest BCUT2D eigenvalue weighted by atomic mass is 10.3. The fourth-order valence-electron chi connectivity index (χ4n) is 1.61. The Morgan fingerprint density at radius 1 is 1.62 bits per heavy atom. The number of hydrogen-bond donors (Lipinski definition) is 0. The summed E-state index contributed by atoms with van der Waals surface area (Å²) >= 11 is 3.32. The Bertz CT molecular complexity index is 451. The SMILES string of the molecule is O=C1CC(Br)CN1c1ncccc1[N+](=O)[O-]. The number of alkyl halides is 1.